The largest absolute Gasteiger partial charge is 0.492 e. The predicted molar refractivity (Wildman–Crippen MR) is 175 cm³/mol. The van der Waals surface area contributed by atoms with Crippen molar-refractivity contribution >= 4 is 42.5 Å². The topological polar surface area (TPSA) is 125 Å². The first-order chi connectivity index (χ1) is 22.7. The molecule has 2 aromatic rings. The summed E-state index contributed by atoms with van der Waals surface area (Å²) in [5.41, 5.74) is 1.17. The van der Waals surface area contributed by atoms with Crippen molar-refractivity contribution in [1.82, 2.24) is 9.80 Å². The predicted octanol–water partition coefficient (Wildman–Crippen LogP) is 4.45. The van der Waals surface area contributed by atoms with Crippen molar-refractivity contribution in [2.45, 2.75) is 19.5 Å². The van der Waals surface area contributed by atoms with E-state index in [0.717, 1.165) is 30.8 Å². The number of nitrogens with one attached hydrogen (secondary N) is 2. The van der Waals surface area contributed by atoms with Crippen LogP contribution in [0.4, 0.5) is 24.5 Å². The van der Waals surface area contributed by atoms with Crippen LogP contribution in [0.25, 0.3) is 0 Å². The highest BCUT2D eigenvalue weighted by atomic mass is 19.4. The van der Waals surface area contributed by atoms with E-state index in [1.807, 2.05) is 11.8 Å². The molecular formula is C32H37F3N8O4. The van der Waals surface area contributed by atoms with Crippen molar-refractivity contribution in [1.29, 1.82) is 0 Å². The van der Waals surface area contributed by atoms with Crippen LogP contribution in [-0.4, -0.2) is 107 Å². The number of benzene rings is 2. The summed E-state index contributed by atoms with van der Waals surface area (Å²) in [6, 6.07) is 8.11. The molecule has 2 aromatic carbocycles. The Morgan fingerprint density at radius 3 is 2.53 bits per heavy atom. The molecule has 0 unspecified atom stereocenters. The van der Waals surface area contributed by atoms with E-state index < -0.39 is 17.6 Å². The molecule has 2 saturated heterocycles. The number of rotatable bonds is 10. The SMILES string of the molecule is C=NC=N/C(Nc1cc(C(=O)Nc2cc(OCCN3CCOCC3)cc(C(F)(F)F)c2)ccc1C)=C1\CC=NC(N2CCOCC2)=N1. The monoisotopic (exact) mass is 654 g/mol. The molecule has 0 radical (unpaired) electrons. The van der Waals surface area contributed by atoms with Gasteiger partial charge in [0.2, 0.25) is 5.96 Å². The Kier molecular flexibility index (Phi) is 11.3. The molecule has 3 aliphatic heterocycles. The quantitative estimate of drug-likeness (QED) is 0.287. The van der Waals surface area contributed by atoms with Gasteiger partial charge in [-0.3, -0.25) is 14.7 Å². The third-order valence-corrected chi connectivity index (χ3v) is 7.59. The molecule has 15 heteroatoms. The Morgan fingerprint density at radius 2 is 1.81 bits per heavy atom. The number of nitrogens with zero attached hydrogens (tertiary/aromatic N) is 6. The van der Waals surface area contributed by atoms with Crippen molar-refractivity contribution in [2.24, 2.45) is 20.0 Å². The highest BCUT2D eigenvalue weighted by Crippen LogP contribution is 2.34. The van der Waals surface area contributed by atoms with Crippen LogP contribution in [-0.2, 0) is 15.7 Å². The van der Waals surface area contributed by atoms with Crippen molar-refractivity contribution in [3.05, 3.63) is 64.6 Å². The fourth-order valence-electron chi connectivity index (χ4n) is 5.02. The van der Waals surface area contributed by atoms with Gasteiger partial charge in [-0.15, -0.1) is 0 Å². The number of carbonyl (C=O) groups is 1. The van der Waals surface area contributed by atoms with Crippen LogP contribution in [0.1, 0.15) is 27.9 Å². The first-order valence-corrected chi connectivity index (χ1v) is 15.2. The Morgan fingerprint density at radius 1 is 1.06 bits per heavy atom. The number of hydrogen-bond acceptors (Lipinski definition) is 10. The van der Waals surface area contributed by atoms with Gasteiger partial charge in [-0.25, -0.2) is 15.0 Å². The molecule has 0 bridgehead atoms. The molecule has 3 heterocycles. The van der Waals surface area contributed by atoms with Gasteiger partial charge in [-0.2, -0.15) is 13.2 Å². The van der Waals surface area contributed by atoms with Crippen molar-refractivity contribution in [3.63, 3.8) is 0 Å². The second-order valence-electron chi connectivity index (χ2n) is 10.9. The van der Waals surface area contributed by atoms with Crippen LogP contribution < -0.4 is 15.4 Å². The van der Waals surface area contributed by atoms with E-state index in [4.69, 9.17) is 19.2 Å². The molecule has 0 aromatic heterocycles. The number of alkyl halides is 3. The van der Waals surface area contributed by atoms with Gasteiger partial charge in [0.1, 0.15) is 18.7 Å². The van der Waals surface area contributed by atoms with E-state index in [-0.39, 0.29) is 23.6 Å². The number of aryl methyl sites for hydroxylation is 1. The molecule has 2 fully saturated rings. The maximum absolute atomic E-state index is 13.8. The molecule has 12 nitrogen and oxygen atoms in total. The van der Waals surface area contributed by atoms with Gasteiger partial charge in [0.25, 0.3) is 5.91 Å². The van der Waals surface area contributed by atoms with E-state index in [0.29, 0.717) is 75.6 Å². The minimum atomic E-state index is -4.64. The number of allylic oxidation sites excluding steroid dienone is 1. The summed E-state index contributed by atoms with van der Waals surface area (Å²) in [6.45, 7) is 11.2. The van der Waals surface area contributed by atoms with Gasteiger partial charge < -0.3 is 29.7 Å². The van der Waals surface area contributed by atoms with E-state index in [1.165, 1.54) is 12.4 Å². The number of aliphatic imine (C=N–C) groups is 4. The van der Waals surface area contributed by atoms with Crippen LogP contribution >= 0.6 is 0 Å². The van der Waals surface area contributed by atoms with Crippen LogP contribution in [0.15, 0.2) is 67.9 Å². The summed E-state index contributed by atoms with van der Waals surface area (Å²) >= 11 is 0. The molecule has 0 saturated carbocycles. The summed E-state index contributed by atoms with van der Waals surface area (Å²) in [5.74, 6) is 0.333. The van der Waals surface area contributed by atoms with Gasteiger partial charge in [0, 0.05) is 68.4 Å². The smallest absolute Gasteiger partial charge is 0.416 e. The highest BCUT2D eigenvalue weighted by Gasteiger charge is 2.32. The van der Waals surface area contributed by atoms with Crippen LogP contribution in [0.2, 0.25) is 0 Å². The minimum Gasteiger partial charge on any atom is -0.492 e. The molecule has 47 heavy (non-hydrogen) atoms. The lowest BCUT2D eigenvalue weighted by molar-refractivity contribution is -0.137. The summed E-state index contributed by atoms with van der Waals surface area (Å²) in [6.07, 6.45) is -1.21. The number of ether oxygens (including phenoxy) is 3. The Hall–Kier alpha value is -4.60. The highest BCUT2D eigenvalue weighted by molar-refractivity contribution is 6.05. The Labute approximate surface area is 270 Å². The summed E-state index contributed by atoms with van der Waals surface area (Å²) in [7, 11) is 0. The molecule has 0 spiro atoms. The maximum Gasteiger partial charge on any atom is 0.416 e. The number of anilines is 2. The van der Waals surface area contributed by atoms with E-state index >= 15 is 0 Å². The standard InChI is InChI=1S/C32H37F3N8O4/c1-22-3-4-23(17-28(22)40-29(38-21-36-2)27-5-6-37-31(41-27)43-10-14-46-15-11-43)30(44)39-25-18-24(32(33,34)35)19-26(20-25)47-16-9-42-7-12-45-13-8-42/h3-4,6,17-21,40H,2,5,7-16H2,1H3,(H,39,44)/b29-27-,38-21?. The minimum absolute atomic E-state index is 0.00706. The van der Waals surface area contributed by atoms with Crippen molar-refractivity contribution in [3.8, 4) is 5.75 Å². The zero-order chi connectivity index (χ0) is 33.2. The summed E-state index contributed by atoms with van der Waals surface area (Å²) in [4.78, 5) is 34.8. The Bertz CT molecular complexity index is 1560. The second kappa shape index (κ2) is 15.8. The lowest BCUT2D eigenvalue weighted by atomic mass is 10.1. The molecule has 3 aliphatic rings. The van der Waals surface area contributed by atoms with Gasteiger partial charge in [0.05, 0.1) is 37.7 Å². The molecule has 0 atom stereocenters. The van der Waals surface area contributed by atoms with E-state index in [1.54, 1.807) is 24.4 Å². The van der Waals surface area contributed by atoms with Crippen LogP contribution in [0.3, 0.4) is 0 Å². The van der Waals surface area contributed by atoms with Crippen molar-refractivity contribution in [2.75, 3.05) is 76.4 Å². The summed E-state index contributed by atoms with van der Waals surface area (Å²) in [5, 5.41) is 5.84. The van der Waals surface area contributed by atoms with E-state index in [2.05, 4.69) is 37.2 Å². The zero-order valence-corrected chi connectivity index (χ0v) is 26.1. The molecular weight excluding hydrogens is 617 g/mol. The number of halogens is 3. The lowest BCUT2D eigenvalue weighted by Crippen LogP contribution is -2.40. The van der Waals surface area contributed by atoms with Crippen molar-refractivity contribution < 1.29 is 32.2 Å². The molecule has 1 amide bonds. The van der Waals surface area contributed by atoms with E-state index in [9.17, 15) is 18.0 Å². The van der Waals surface area contributed by atoms with Gasteiger partial charge in [-0.05, 0) is 43.5 Å². The molecule has 0 aliphatic carbocycles. The number of amides is 1. The average molecular weight is 655 g/mol. The lowest BCUT2D eigenvalue weighted by Gasteiger charge is -2.28. The number of morpholine rings is 2. The van der Waals surface area contributed by atoms with Gasteiger partial charge in [0.15, 0.2) is 5.82 Å². The van der Waals surface area contributed by atoms with Gasteiger partial charge >= 0.3 is 6.18 Å². The van der Waals surface area contributed by atoms with Crippen LogP contribution in [0.5, 0.6) is 5.75 Å². The average Bonchev–Trinajstić information content (AvgIpc) is 3.08. The third kappa shape index (κ3) is 9.47. The molecule has 5 rings (SSSR count). The summed E-state index contributed by atoms with van der Waals surface area (Å²) < 4.78 is 57.7. The molecule has 2 N–H and O–H groups in total. The second-order valence-corrected chi connectivity index (χ2v) is 10.9. The van der Waals surface area contributed by atoms with Crippen LogP contribution in [0, 0.1) is 6.92 Å². The fraction of sp³-hybridized carbons (Fsp3) is 0.406. The number of guanidine groups is 1. The van der Waals surface area contributed by atoms with Gasteiger partial charge in [-0.1, -0.05) is 6.07 Å². The number of hydrogen-bond donors (Lipinski definition) is 2. The maximum atomic E-state index is 13.8. The Balaban J connectivity index is 1.34. The fourth-order valence-corrected chi connectivity index (χ4v) is 5.02. The third-order valence-electron chi connectivity index (χ3n) is 7.59. The normalized spacial score (nSPS) is 18.6. The first-order valence-electron chi connectivity index (χ1n) is 15.2. The first kappa shape index (κ1) is 33.8. The number of carbonyl (C=O) groups excluding carboxylic acids is 1. The molecule has 250 valence electrons. The zero-order valence-electron chi connectivity index (χ0n) is 26.1.